The van der Waals surface area contributed by atoms with Crippen molar-refractivity contribution in [1.29, 1.82) is 0 Å². The van der Waals surface area contributed by atoms with Crippen LogP contribution in [0.5, 0.6) is 17.5 Å². The van der Waals surface area contributed by atoms with Gasteiger partial charge in [0.25, 0.3) is 5.91 Å². The second kappa shape index (κ2) is 8.17. The maximum atomic E-state index is 12.0. The molecule has 2 aliphatic rings. The number of carbonyl (C=O) groups excluding carboxylic acids is 2. The number of hydrogen-bond donors (Lipinski definition) is 3. The number of hydrogen-bond acceptors (Lipinski definition) is 9. The van der Waals surface area contributed by atoms with Crippen molar-refractivity contribution < 1.29 is 24.2 Å². The molecule has 2 fully saturated rings. The monoisotopic (exact) mass is 450 g/mol. The molecule has 0 bridgehead atoms. The van der Waals surface area contributed by atoms with Crippen LogP contribution >= 0.6 is 0 Å². The van der Waals surface area contributed by atoms with E-state index in [1.54, 1.807) is 41.9 Å². The van der Waals surface area contributed by atoms with E-state index in [1.807, 2.05) is 0 Å². The van der Waals surface area contributed by atoms with Gasteiger partial charge in [-0.3, -0.25) is 14.9 Å². The lowest BCUT2D eigenvalue weighted by atomic mass is 10.1. The summed E-state index contributed by atoms with van der Waals surface area (Å²) in [5, 5.41) is 19.8. The molecule has 2 aromatic heterocycles. The molecule has 0 radical (unpaired) electrons. The van der Waals surface area contributed by atoms with Crippen molar-refractivity contribution in [2.75, 3.05) is 12.4 Å². The number of ether oxygens (including phenoxy) is 2. The number of carbonyl (C=O) groups is 2. The van der Waals surface area contributed by atoms with Gasteiger partial charge in [0, 0.05) is 17.2 Å². The number of aliphatic hydroxyl groups is 1. The highest BCUT2D eigenvalue weighted by Gasteiger charge is 2.26. The number of nitrogens with one attached hydrogen (secondary N) is 2. The zero-order valence-electron chi connectivity index (χ0n) is 18.0. The molecule has 3 heterocycles. The Hall–Kier alpha value is -3.99. The summed E-state index contributed by atoms with van der Waals surface area (Å²) < 4.78 is 12.9. The van der Waals surface area contributed by atoms with Gasteiger partial charge in [0.1, 0.15) is 0 Å². The lowest BCUT2D eigenvalue weighted by molar-refractivity contribution is -0.124. The van der Waals surface area contributed by atoms with E-state index in [2.05, 4.69) is 25.7 Å². The molecule has 1 aromatic carbocycles. The fourth-order valence-corrected chi connectivity index (χ4v) is 3.46. The summed E-state index contributed by atoms with van der Waals surface area (Å²) in [7, 11) is 1.51. The maximum Gasteiger partial charge on any atom is 0.327 e. The average Bonchev–Trinajstić information content (AvgIpc) is 3.42. The van der Waals surface area contributed by atoms with Crippen LogP contribution in [0.3, 0.4) is 0 Å². The van der Waals surface area contributed by atoms with Gasteiger partial charge in [0.2, 0.25) is 11.9 Å². The third-order valence-corrected chi connectivity index (χ3v) is 5.38. The number of aromatic nitrogens is 4. The molecule has 5 rings (SSSR count). The summed E-state index contributed by atoms with van der Waals surface area (Å²) in [6, 6.07) is 5.44. The van der Waals surface area contributed by atoms with Gasteiger partial charge < -0.3 is 19.9 Å². The number of rotatable bonds is 7. The van der Waals surface area contributed by atoms with E-state index in [1.165, 1.54) is 7.11 Å². The standard InChI is InChI=1S/C22H22N6O5/c1-11(29)12-3-6-16(17(8-12)32-2)33-22-26-19-14(7-13-9-18(30)25-20(13)31)10-23-28(19)21(27-22)24-15-4-5-15/h3,6-8,10-11,15,29H,4-5,9H2,1-2H3,(H,24,26,27)(H,25,30,31)/b13-7+. The molecular weight excluding hydrogens is 428 g/mol. The van der Waals surface area contributed by atoms with Gasteiger partial charge in [-0.05, 0) is 43.5 Å². The van der Waals surface area contributed by atoms with Crippen molar-refractivity contribution in [3.63, 3.8) is 0 Å². The van der Waals surface area contributed by atoms with Crippen LogP contribution in [0.25, 0.3) is 11.7 Å². The Morgan fingerprint density at radius 2 is 2.09 bits per heavy atom. The van der Waals surface area contributed by atoms with Crippen LogP contribution in [0.1, 0.15) is 43.4 Å². The summed E-state index contributed by atoms with van der Waals surface area (Å²) in [5.41, 5.74) is 1.99. The quantitative estimate of drug-likeness (QED) is 0.364. The van der Waals surface area contributed by atoms with Gasteiger partial charge in [-0.25, -0.2) is 0 Å². The molecule has 2 amide bonds. The predicted octanol–water partition coefficient (Wildman–Crippen LogP) is 1.98. The van der Waals surface area contributed by atoms with E-state index < -0.39 is 12.0 Å². The molecule has 1 atom stereocenters. The first-order valence-electron chi connectivity index (χ1n) is 10.5. The molecule has 11 nitrogen and oxygen atoms in total. The molecule has 1 saturated carbocycles. The number of benzene rings is 1. The summed E-state index contributed by atoms with van der Waals surface area (Å²) in [6.45, 7) is 1.66. The van der Waals surface area contributed by atoms with Crippen molar-refractivity contribution in [1.82, 2.24) is 24.9 Å². The van der Waals surface area contributed by atoms with Crippen LogP contribution in [0.15, 0.2) is 30.0 Å². The molecule has 3 aromatic rings. The topological polar surface area (TPSA) is 140 Å². The summed E-state index contributed by atoms with van der Waals surface area (Å²) in [6.07, 6.45) is 4.56. The zero-order valence-corrected chi connectivity index (χ0v) is 18.0. The minimum Gasteiger partial charge on any atom is -0.493 e. The zero-order chi connectivity index (χ0) is 23.1. The van der Waals surface area contributed by atoms with Gasteiger partial charge in [0.05, 0.1) is 25.8 Å². The molecule has 11 heteroatoms. The normalized spacial score (nSPS) is 18.0. The number of anilines is 1. The van der Waals surface area contributed by atoms with Crippen LogP contribution in [0.2, 0.25) is 0 Å². The highest BCUT2D eigenvalue weighted by atomic mass is 16.5. The van der Waals surface area contributed by atoms with Crippen molar-refractivity contribution in [3.8, 4) is 17.5 Å². The molecule has 0 spiro atoms. The van der Waals surface area contributed by atoms with Gasteiger partial charge in [-0.2, -0.15) is 19.6 Å². The van der Waals surface area contributed by atoms with Crippen LogP contribution in [0, 0.1) is 0 Å². The maximum absolute atomic E-state index is 12.0. The molecule has 33 heavy (non-hydrogen) atoms. The number of methoxy groups -OCH3 is 1. The highest BCUT2D eigenvalue weighted by Crippen LogP contribution is 2.34. The van der Waals surface area contributed by atoms with Crippen LogP contribution in [-0.2, 0) is 9.59 Å². The Morgan fingerprint density at radius 1 is 1.27 bits per heavy atom. The van der Waals surface area contributed by atoms with Gasteiger partial charge in [0.15, 0.2) is 17.1 Å². The number of amides is 2. The Balaban J connectivity index is 1.56. The fourth-order valence-electron chi connectivity index (χ4n) is 3.46. The highest BCUT2D eigenvalue weighted by molar-refractivity contribution is 6.15. The van der Waals surface area contributed by atoms with Crippen LogP contribution in [-0.4, -0.2) is 49.7 Å². The minimum atomic E-state index is -0.656. The molecule has 1 aliphatic carbocycles. The molecule has 170 valence electrons. The Bertz CT molecular complexity index is 1290. The van der Waals surface area contributed by atoms with E-state index in [0.29, 0.717) is 45.8 Å². The number of nitrogens with zero attached hydrogens (tertiary/aromatic N) is 4. The first-order chi connectivity index (χ1) is 15.9. The first kappa shape index (κ1) is 20.9. The molecular formula is C22H22N6O5. The van der Waals surface area contributed by atoms with Gasteiger partial charge >= 0.3 is 6.01 Å². The number of aliphatic hydroxyl groups excluding tert-OH is 1. The molecule has 1 aliphatic heterocycles. The third kappa shape index (κ3) is 4.22. The molecule has 3 N–H and O–H groups in total. The smallest absolute Gasteiger partial charge is 0.327 e. The van der Waals surface area contributed by atoms with E-state index in [0.717, 1.165) is 12.8 Å². The largest absolute Gasteiger partial charge is 0.493 e. The van der Waals surface area contributed by atoms with E-state index in [-0.39, 0.29) is 18.3 Å². The summed E-state index contributed by atoms with van der Waals surface area (Å²) in [4.78, 5) is 32.5. The predicted molar refractivity (Wildman–Crippen MR) is 117 cm³/mol. The first-order valence-corrected chi connectivity index (χ1v) is 10.5. The van der Waals surface area contributed by atoms with E-state index >= 15 is 0 Å². The lowest BCUT2D eigenvalue weighted by Gasteiger charge is -2.13. The van der Waals surface area contributed by atoms with Crippen LogP contribution in [0.4, 0.5) is 5.95 Å². The van der Waals surface area contributed by atoms with Crippen molar-refractivity contribution in [2.24, 2.45) is 0 Å². The number of imide groups is 1. The van der Waals surface area contributed by atoms with Crippen molar-refractivity contribution in [3.05, 3.63) is 41.1 Å². The van der Waals surface area contributed by atoms with E-state index in [4.69, 9.17) is 9.47 Å². The lowest BCUT2D eigenvalue weighted by Crippen LogP contribution is -2.19. The Morgan fingerprint density at radius 3 is 2.76 bits per heavy atom. The Labute approximate surface area is 188 Å². The molecule has 1 saturated heterocycles. The third-order valence-electron chi connectivity index (χ3n) is 5.38. The fraction of sp³-hybridized carbons (Fsp3) is 0.318. The summed E-state index contributed by atoms with van der Waals surface area (Å²) in [5.74, 6) is 0.484. The summed E-state index contributed by atoms with van der Waals surface area (Å²) >= 11 is 0. The second-order valence-corrected chi connectivity index (χ2v) is 8.00. The SMILES string of the molecule is COc1cc(C(C)O)ccc1Oc1nc(NC2CC2)n2ncc(/C=C3\CC(=O)NC3=O)c2n1. The Kier molecular flexibility index (Phi) is 5.17. The average molecular weight is 450 g/mol. The second-order valence-electron chi connectivity index (χ2n) is 8.00. The van der Waals surface area contributed by atoms with Crippen molar-refractivity contribution in [2.45, 2.75) is 38.3 Å². The minimum absolute atomic E-state index is 0.00459. The van der Waals surface area contributed by atoms with Gasteiger partial charge in [-0.15, -0.1) is 0 Å². The van der Waals surface area contributed by atoms with Crippen molar-refractivity contribution >= 4 is 29.5 Å². The van der Waals surface area contributed by atoms with Crippen LogP contribution < -0.4 is 20.1 Å². The number of fused-ring (bicyclic) bond motifs is 1. The molecule has 1 unspecified atom stereocenters. The van der Waals surface area contributed by atoms with Gasteiger partial charge in [-0.1, -0.05) is 6.07 Å². The van der Waals surface area contributed by atoms with E-state index in [9.17, 15) is 14.7 Å².